The molecule has 2 aromatic rings. The summed E-state index contributed by atoms with van der Waals surface area (Å²) >= 11 is 4.15. The van der Waals surface area contributed by atoms with Gasteiger partial charge in [-0.05, 0) is 70.1 Å². The van der Waals surface area contributed by atoms with Gasteiger partial charge in [0.05, 0.1) is 0 Å². The Kier molecular flexibility index (Phi) is 2.86. The molecule has 3 heteroatoms. The maximum Gasteiger partial charge on any atom is 0.0346 e. The van der Waals surface area contributed by atoms with Crippen LogP contribution in [-0.4, -0.2) is 6.54 Å². The molecule has 0 saturated carbocycles. The van der Waals surface area contributed by atoms with Crippen LogP contribution in [0.15, 0.2) is 23.6 Å². The molecular formula is C10H10INS. The molecule has 0 radical (unpaired) electrons. The molecule has 0 atom stereocenters. The van der Waals surface area contributed by atoms with Crippen molar-refractivity contribution in [2.24, 2.45) is 5.73 Å². The Labute approximate surface area is 95.1 Å². The van der Waals surface area contributed by atoms with Crippen LogP contribution in [0.3, 0.4) is 0 Å². The quantitative estimate of drug-likeness (QED) is 0.848. The van der Waals surface area contributed by atoms with Crippen molar-refractivity contribution in [3.05, 3.63) is 32.7 Å². The fourth-order valence-electron chi connectivity index (χ4n) is 1.40. The Morgan fingerprint density at radius 3 is 3.00 bits per heavy atom. The van der Waals surface area contributed by atoms with Gasteiger partial charge in [-0.1, -0.05) is 0 Å². The second-order valence-electron chi connectivity index (χ2n) is 2.94. The van der Waals surface area contributed by atoms with Crippen LogP contribution < -0.4 is 5.73 Å². The average Bonchev–Trinajstić information content (AvgIpc) is 2.49. The van der Waals surface area contributed by atoms with Gasteiger partial charge in [0.15, 0.2) is 0 Å². The van der Waals surface area contributed by atoms with E-state index in [-0.39, 0.29) is 0 Å². The van der Waals surface area contributed by atoms with Gasteiger partial charge in [0.2, 0.25) is 0 Å². The Morgan fingerprint density at radius 2 is 2.23 bits per heavy atom. The molecule has 0 unspecified atom stereocenters. The van der Waals surface area contributed by atoms with Crippen molar-refractivity contribution in [1.82, 2.24) is 0 Å². The number of fused-ring (bicyclic) bond motifs is 1. The number of rotatable bonds is 2. The van der Waals surface area contributed by atoms with Gasteiger partial charge < -0.3 is 5.73 Å². The van der Waals surface area contributed by atoms with E-state index in [4.69, 9.17) is 5.73 Å². The van der Waals surface area contributed by atoms with E-state index in [0.29, 0.717) is 0 Å². The lowest BCUT2D eigenvalue weighted by Crippen LogP contribution is -2.01. The van der Waals surface area contributed by atoms with E-state index in [9.17, 15) is 0 Å². The smallest absolute Gasteiger partial charge is 0.0346 e. The van der Waals surface area contributed by atoms with Gasteiger partial charge in [0.1, 0.15) is 0 Å². The van der Waals surface area contributed by atoms with Crippen LogP contribution in [0.2, 0.25) is 0 Å². The summed E-state index contributed by atoms with van der Waals surface area (Å²) in [6.45, 7) is 0.733. The topological polar surface area (TPSA) is 26.0 Å². The zero-order valence-electron chi connectivity index (χ0n) is 7.09. The molecular weight excluding hydrogens is 293 g/mol. The number of halogens is 1. The predicted octanol–water partition coefficient (Wildman–Crippen LogP) is 3.01. The molecule has 1 aromatic carbocycles. The molecule has 0 aliphatic rings. The van der Waals surface area contributed by atoms with Crippen molar-refractivity contribution in [2.75, 3.05) is 6.54 Å². The molecule has 0 fully saturated rings. The second-order valence-corrected chi connectivity index (χ2v) is 5.10. The molecule has 1 nitrogen and oxygen atoms in total. The lowest BCUT2D eigenvalue weighted by Gasteiger charge is -1.96. The Bertz CT molecular complexity index is 422. The van der Waals surface area contributed by atoms with Crippen LogP contribution in [0.5, 0.6) is 0 Å². The molecule has 1 heterocycles. The molecule has 0 aliphatic heterocycles. The van der Waals surface area contributed by atoms with Gasteiger partial charge in [-0.25, -0.2) is 0 Å². The molecule has 13 heavy (non-hydrogen) atoms. The summed E-state index contributed by atoms with van der Waals surface area (Å²) in [7, 11) is 0. The van der Waals surface area contributed by atoms with Gasteiger partial charge >= 0.3 is 0 Å². The Balaban J connectivity index is 2.58. The summed E-state index contributed by atoms with van der Waals surface area (Å²) < 4.78 is 2.66. The molecule has 0 amide bonds. The van der Waals surface area contributed by atoms with E-state index in [2.05, 4.69) is 46.2 Å². The summed E-state index contributed by atoms with van der Waals surface area (Å²) in [5.74, 6) is 0. The van der Waals surface area contributed by atoms with Crippen molar-refractivity contribution in [3.8, 4) is 0 Å². The highest BCUT2D eigenvalue weighted by Crippen LogP contribution is 2.27. The highest BCUT2D eigenvalue weighted by Gasteiger charge is 2.02. The third-order valence-electron chi connectivity index (χ3n) is 2.03. The minimum atomic E-state index is 0.733. The predicted molar refractivity (Wildman–Crippen MR) is 67.3 cm³/mol. The molecule has 0 aliphatic carbocycles. The largest absolute Gasteiger partial charge is 0.330 e. The Morgan fingerprint density at radius 1 is 1.38 bits per heavy atom. The average molecular weight is 303 g/mol. The lowest BCUT2D eigenvalue weighted by molar-refractivity contribution is 0.981. The van der Waals surface area contributed by atoms with Gasteiger partial charge in [-0.2, -0.15) is 0 Å². The normalized spacial score (nSPS) is 10.9. The first-order chi connectivity index (χ1) is 6.31. The van der Waals surface area contributed by atoms with E-state index >= 15 is 0 Å². The monoisotopic (exact) mass is 303 g/mol. The summed E-state index contributed by atoms with van der Waals surface area (Å²) in [6, 6.07) is 6.56. The summed E-state index contributed by atoms with van der Waals surface area (Å²) in [4.78, 5) is 0. The third-order valence-corrected chi connectivity index (χ3v) is 3.71. The van der Waals surface area contributed by atoms with Gasteiger partial charge in [-0.15, -0.1) is 11.3 Å². The number of hydrogen-bond donors (Lipinski definition) is 1. The molecule has 0 spiro atoms. The maximum atomic E-state index is 5.55. The molecule has 2 N–H and O–H groups in total. The maximum absolute atomic E-state index is 5.55. The number of nitrogens with two attached hydrogens (primary N) is 1. The van der Waals surface area contributed by atoms with Crippen molar-refractivity contribution >= 4 is 44.0 Å². The van der Waals surface area contributed by atoms with E-state index in [1.807, 2.05) is 0 Å². The minimum Gasteiger partial charge on any atom is -0.330 e. The SMILES string of the molecule is NCCc1csc2ccc(I)cc12. The Hall–Kier alpha value is -0.130. The van der Waals surface area contributed by atoms with Crippen molar-refractivity contribution in [3.63, 3.8) is 0 Å². The van der Waals surface area contributed by atoms with E-state index in [1.165, 1.54) is 19.2 Å². The molecule has 68 valence electrons. The third kappa shape index (κ3) is 1.87. The molecule has 1 aromatic heterocycles. The van der Waals surface area contributed by atoms with Crippen LogP contribution >= 0.6 is 33.9 Å². The summed E-state index contributed by atoms with van der Waals surface area (Å²) in [6.07, 6.45) is 0.986. The second kappa shape index (κ2) is 3.94. The van der Waals surface area contributed by atoms with Crippen molar-refractivity contribution in [2.45, 2.75) is 6.42 Å². The first-order valence-corrected chi connectivity index (χ1v) is 6.13. The summed E-state index contributed by atoms with van der Waals surface area (Å²) in [5, 5.41) is 3.59. The number of hydrogen-bond acceptors (Lipinski definition) is 2. The standard InChI is InChI=1S/C10H10INS/c11-8-1-2-10-9(5-8)7(3-4-12)6-13-10/h1-2,5-6H,3-4,12H2. The molecule has 0 bridgehead atoms. The summed E-state index contributed by atoms with van der Waals surface area (Å²) in [5.41, 5.74) is 6.94. The van der Waals surface area contributed by atoms with E-state index in [0.717, 1.165) is 13.0 Å². The lowest BCUT2D eigenvalue weighted by atomic mass is 10.1. The molecule has 2 rings (SSSR count). The van der Waals surface area contributed by atoms with Crippen molar-refractivity contribution in [1.29, 1.82) is 0 Å². The van der Waals surface area contributed by atoms with E-state index in [1.54, 1.807) is 11.3 Å². The van der Waals surface area contributed by atoms with Gasteiger partial charge in [0, 0.05) is 8.27 Å². The van der Waals surface area contributed by atoms with Gasteiger partial charge in [0.25, 0.3) is 0 Å². The fraction of sp³-hybridized carbons (Fsp3) is 0.200. The molecule has 0 saturated heterocycles. The fourth-order valence-corrected chi connectivity index (χ4v) is 2.87. The minimum absolute atomic E-state index is 0.733. The number of benzene rings is 1. The zero-order chi connectivity index (χ0) is 9.26. The van der Waals surface area contributed by atoms with Crippen LogP contribution in [0.25, 0.3) is 10.1 Å². The highest BCUT2D eigenvalue weighted by atomic mass is 127. The van der Waals surface area contributed by atoms with Crippen LogP contribution in [0.1, 0.15) is 5.56 Å². The number of thiophene rings is 1. The highest BCUT2D eigenvalue weighted by molar-refractivity contribution is 14.1. The van der Waals surface area contributed by atoms with Crippen LogP contribution in [0, 0.1) is 3.57 Å². The first kappa shape index (κ1) is 9.43. The van der Waals surface area contributed by atoms with Crippen LogP contribution in [-0.2, 0) is 6.42 Å². The van der Waals surface area contributed by atoms with Gasteiger partial charge in [-0.3, -0.25) is 0 Å². The van der Waals surface area contributed by atoms with E-state index < -0.39 is 0 Å². The van der Waals surface area contributed by atoms with Crippen LogP contribution in [0.4, 0.5) is 0 Å². The first-order valence-electron chi connectivity index (χ1n) is 4.17. The zero-order valence-corrected chi connectivity index (χ0v) is 10.1. The van der Waals surface area contributed by atoms with Crippen molar-refractivity contribution < 1.29 is 0 Å².